The van der Waals surface area contributed by atoms with Gasteiger partial charge in [-0.15, -0.1) is 0 Å². The normalized spacial score (nSPS) is 20.2. The Labute approximate surface area is 152 Å². The van der Waals surface area contributed by atoms with Crippen molar-refractivity contribution in [3.63, 3.8) is 0 Å². The Morgan fingerprint density at radius 2 is 1.84 bits per heavy atom. The number of rotatable bonds is 9. The van der Waals surface area contributed by atoms with E-state index in [9.17, 15) is 4.79 Å². The minimum absolute atomic E-state index is 0.0901. The molecule has 1 fully saturated rings. The van der Waals surface area contributed by atoms with Crippen LogP contribution in [0.5, 0.6) is 0 Å². The number of hydrogen-bond donors (Lipinski definition) is 1. The van der Waals surface area contributed by atoms with E-state index >= 15 is 0 Å². The Balaban J connectivity index is 1.77. The largest absolute Gasteiger partial charge is 0.457 e. The number of ether oxygens (including phenoxy) is 1. The van der Waals surface area contributed by atoms with Crippen LogP contribution in [0, 0.1) is 5.92 Å². The first-order chi connectivity index (χ1) is 12.1. The topological polar surface area (TPSA) is 46.5 Å². The molecule has 3 heteroatoms. The predicted molar refractivity (Wildman–Crippen MR) is 101 cm³/mol. The molecule has 1 aromatic rings. The van der Waals surface area contributed by atoms with Crippen molar-refractivity contribution in [3.8, 4) is 0 Å². The molecule has 1 aromatic carbocycles. The van der Waals surface area contributed by atoms with Gasteiger partial charge in [-0.05, 0) is 48.6 Å². The molecule has 1 N–H and O–H groups in total. The average Bonchev–Trinajstić information content (AvgIpc) is 2.66. The van der Waals surface area contributed by atoms with Crippen molar-refractivity contribution in [3.05, 3.63) is 47.5 Å². The van der Waals surface area contributed by atoms with Gasteiger partial charge in [0.1, 0.15) is 6.61 Å². The van der Waals surface area contributed by atoms with Crippen LogP contribution in [0.15, 0.2) is 36.4 Å². The lowest BCUT2D eigenvalue weighted by Gasteiger charge is -2.29. The van der Waals surface area contributed by atoms with E-state index in [2.05, 4.69) is 25.6 Å². The molecule has 0 radical (unpaired) electrons. The third-order valence-corrected chi connectivity index (χ3v) is 5.36. The molecule has 0 aliphatic heterocycles. The molecular weight excluding hydrogens is 312 g/mol. The Hall–Kier alpha value is -1.61. The zero-order valence-corrected chi connectivity index (χ0v) is 15.5. The van der Waals surface area contributed by atoms with Gasteiger partial charge < -0.3 is 9.84 Å². The number of aliphatic hydroxyl groups is 1. The summed E-state index contributed by atoms with van der Waals surface area (Å²) in [7, 11) is 0. The zero-order chi connectivity index (χ0) is 18.1. The molecule has 1 aliphatic rings. The lowest BCUT2D eigenvalue weighted by atomic mass is 9.77. The van der Waals surface area contributed by atoms with E-state index in [0.29, 0.717) is 5.92 Å². The molecule has 1 saturated carbocycles. The molecule has 2 rings (SSSR count). The van der Waals surface area contributed by atoms with Gasteiger partial charge in [0.25, 0.3) is 0 Å². The molecule has 0 amide bonds. The summed E-state index contributed by atoms with van der Waals surface area (Å²) in [6, 6.07) is 8.42. The average molecular weight is 344 g/mol. The molecule has 1 aliphatic carbocycles. The van der Waals surface area contributed by atoms with E-state index in [1.807, 2.05) is 12.1 Å². The maximum absolute atomic E-state index is 11.5. The van der Waals surface area contributed by atoms with Gasteiger partial charge in [-0.25, -0.2) is 4.79 Å². The summed E-state index contributed by atoms with van der Waals surface area (Å²) >= 11 is 0. The van der Waals surface area contributed by atoms with E-state index in [4.69, 9.17) is 9.84 Å². The third-order valence-electron chi connectivity index (χ3n) is 5.36. The Kier molecular flexibility index (Phi) is 8.20. The minimum atomic E-state index is -0.534. The molecule has 0 saturated heterocycles. The van der Waals surface area contributed by atoms with Crippen molar-refractivity contribution in [2.45, 2.75) is 70.8 Å². The van der Waals surface area contributed by atoms with E-state index in [0.717, 1.165) is 11.5 Å². The molecule has 0 spiro atoms. The van der Waals surface area contributed by atoms with Gasteiger partial charge in [0, 0.05) is 0 Å². The number of carbonyl (C=O) groups excluding carboxylic acids is 1. The smallest absolute Gasteiger partial charge is 0.336 e. The first kappa shape index (κ1) is 19.7. The lowest BCUT2D eigenvalue weighted by Crippen LogP contribution is -2.13. The van der Waals surface area contributed by atoms with Gasteiger partial charge in [-0.1, -0.05) is 63.5 Å². The zero-order valence-electron chi connectivity index (χ0n) is 15.5. The van der Waals surface area contributed by atoms with E-state index in [-0.39, 0.29) is 18.8 Å². The fourth-order valence-electron chi connectivity index (χ4n) is 3.67. The van der Waals surface area contributed by atoms with Crippen LogP contribution in [0.1, 0.15) is 75.3 Å². The van der Waals surface area contributed by atoms with Crippen molar-refractivity contribution >= 4 is 5.97 Å². The van der Waals surface area contributed by atoms with Crippen molar-refractivity contribution in [1.82, 2.24) is 0 Å². The predicted octanol–water partition coefficient (Wildman–Crippen LogP) is 5.13. The maximum Gasteiger partial charge on any atom is 0.336 e. The van der Waals surface area contributed by atoms with Gasteiger partial charge in [0.15, 0.2) is 0 Å². The fraction of sp³-hybridized carbons (Fsp3) is 0.591. The van der Waals surface area contributed by atoms with Crippen LogP contribution in [0.2, 0.25) is 0 Å². The molecular formula is C22H32O3. The summed E-state index contributed by atoms with van der Waals surface area (Å²) in [5.41, 5.74) is 2.46. The number of aliphatic hydroxyl groups excluding tert-OH is 1. The third kappa shape index (κ3) is 6.32. The maximum atomic E-state index is 11.5. The van der Waals surface area contributed by atoms with Gasteiger partial charge >= 0.3 is 5.97 Å². The first-order valence-corrected chi connectivity index (χ1v) is 9.68. The number of benzene rings is 1. The molecule has 0 atom stereocenters. The minimum Gasteiger partial charge on any atom is -0.457 e. The van der Waals surface area contributed by atoms with E-state index in [1.54, 1.807) is 0 Å². The van der Waals surface area contributed by atoms with Crippen LogP contribution < -0.4 is 0 Å². The monoisotopic (exact) mass is 344 g/mol. The first-order valence-electron chi connectivity index (χ1n) is 9.68. The van der Waals surface area contributed by atoms with Gasteiger partial charge in [-0.3, -0.25) is 0 Å². The highest BCUT2D eigenvalue weighted by Gasteiger charge is 2.22. The number of esters is 1. The second-order valence-electron chi connectivity index (χ2n) is 7.29. The van der Waals surface area contributed by atoms with Crippen molar-refractivity contribution < 1.29 is 14.6 Å². The van der Waals surface area contributed by atoms with Gasteiger partial charge in [-0.2, -0.15) is 0 Å². The molecule has 0 unspecified atom stereocenters. The molecule has 25 heavy (non-hydrogen) atoms. The second kappa shape index (κ2) is 10.4. The van der Waals surface area contributed by atoms with E-state index < -0.39 is 5.97 Å². The summed E-state index contributed by atoms with van der Waals surface area (Å²) in [5.74, 6) is 1.07. The standard InChI is InChI=1S/C22H32O3/c1-3-4-5-6-18-7-11-20(12-8-18)21-13-9-19(10-14-21)16-25-22(24)17(2)15-23/h9-10,13-14,18,20,23H,2-8,11-12,15-16H2,1H3. The molecule has 3 nitrogen and oxygen atoms in total. The molecule has 0 aromatic heterocycles. The summed E-state index contributed by atoms with van der Waals surface area (Å²) in [5, 5.41) is 8.86. The fourth-order valence-corrected chi connectivity index (χ4v) is 3.67. The second-order valence-corrected chi connectivity index (χ2v) is 7.29. The molecule has 138 valence electrons. The summed E-state index contributed by atoms with van der Waals surface area (Å²) < 4.78 is 5.13. The molecule has 0 bridgehead atoms. The van der Waals surface area contributed by atoms with Crippen LogP contribution in [0.25, 0.3) is 0 Å². The Morgan fingerprint density at radius 1 is 1.16 bits per heavy atom. The van der Waals surface area contributed by atoms with Crippen LogP contribution >= 0.6 is 0 Å². The Morgan fingerprint density at radius 3 is 2.44 bits per heavy atom. The van der Waals surface area contributed by atoms with Crippen molar-refractivity contribution in [2.75, 3.05) is 6.61 Å². The quantitative estimate of drug-likeness (QED) is 0.384. The highest BCUT2D eigenvalue weighted by atomic mass is 16.5. The Bertz CT molecular complexity index is 539. The van der Waals surface area contributed by atoms with Crippen LogP contribution in [0.3, 0.4) is 0 Å². The van der Waals surface area contributed by atoms with Crippen LogP contribution in [-0.2, 0) is 16.1 Å². The van der Waals surface area contributed by atoms with Crippen LogP contribution in [-0.4, -0.2) is 17.7 Å². The number of unbranched alkanes of at least 4 members (excludes halogenated alkanes) is 2. The van der Waals surface area contributed by atoms with Crippen LogP contribution in [0.4, 0.5) is 0 Å². The van der Waals surface area contributed by atoms with E-state index in [1.165, 1.54) is 56.9 Å². The SMILES string of the molecule is C=C(CO)C(=O)OCc1ccc(C2CCC(CCCCC)CC2)cc1. The summed E-state index contributed by atoms with van der Waals surface area (Å²) in [6.45, 7) is 5.60. The highest BCUT2D eigenvalue weighted by Crippen LogP contribution is 2.37. The molecule has 0 heterocycles. The van der Waals surface area contributed by atoms with Crippen molar-refractivity contribution in [1.29, 1.82) is 0 Å². The van der Waals surface area contributed by atoms with Gasteiger partial charge in [0.2, 0.25) is 0 Å². The summed E-state index contributed by atoms with van der Waals surface area (Å²) in [4.78, 5) is 11.5. The number of carbonyl (C=O) groups is 1. The lowest BCUT2D eigenvalue weighted by molar-refractivity contribution is -0.140. The van der Waals surface area contributed by atoms with Gasteiger partial charge in [0.05, 0.1) is 12.2 Å². The number of hydrogen-bond acceptors (Lipinski definition) is 3. The highest BCUT2D eigenvalue weighted by molar-refractivity contribution is 5.87. The summed E-state index contributed by atoms with van der Waals surface area (Å²) in [6.07, 6.45) is 10.8. The van der Waals surface area contributed by atoms with Crippen molar-refractivity contribution in [2.24, 2.45) is 5.92 Å².